The molecule has 10 heteroatoms. The van der Waals surface area contributed by atoms with E-state index in [0.717, 1.165) is 18.2 Å². The van der Waals surface area contributed by atoms with E-state index in [4.69, 9.17) is 0 Å². The summed E-state index contributed by atoms with van der Waals surface area (Å²) in [5, 5.41) is 11.2. The van der Waals surface area contributed by atoms with Crippen molar-refractivity contribution in [3.8, 4) is 0 Å². The number of hydrogen-bond acceptors (Lipinski definition) is 5. The maximum absolute atomic E-state index is 13.5. The molecule has 1 aliphatic rings. The molecule has 2 amide bonds. The molecule has 29 heavy (non-hydrogen) atoms. The van der Waals surface area contributed by atoms with Gasteiger partial charge in [0.1, 0.15) is 12.3 Å². The van der Waals surface area contributed by atoms with E-state index in [0.29, 0.717) is 4.90 Å². The Balaban J connectivity index is 2.13. The summed E-state index contributed by atoms with van der Waals surface area (Å²) in [5.74, 6) is -3.45. The molecular formula is C19H13F3N2O5. The Morgan fingerprint density at radius 3 is 2.00 bits per heavy atom. The average molecular weight is 406 g/mol. The summed E-state index contributed by atoms with van der Waals surface area (Å²) in [6.45, 7) is -1.08. The molecule has 0 N–H and O–H groups in total. The number of nitro groups is 1. The Hall–Kier alpha value is -3.56. The monoisotopic (exact) mass is 406 g/mol. The van der Waals surface area contributed by atoms with Gasteiger partial charge >= 0.3 is 6.18 Å². The third-order valence-corrected chi connectivity index (χ3v) is 4.69. The number of benzene rings is 2. The third-order valence-electron chi connectivity index (χ3n) is 4.69. The molecule has 150 valence electrons. The Morgan fingerprint density at radius 1 is 1.00 bits per heavy atom. The number of alkyl halides is 3. The van der Waals surface area contributed by atoms with Crippen molar-refractivity contribution < 1.29 is 32.5 Å². The molecule has 0 fully saturated rings. The fourth-order valence-electron chi connectivity index (χ4n) is 3.44. The van der Waals surface area contributed by atoms with Gasteiger partial charge in [-0.15, -0.1) is 0 Å². The first kappa shape index (κ1) is 20.2. The van der Waals surface area contributed by atoms with Crippen LogP contribution in [0.25, 0.3) is 0 Å². The molecule has 0 spiro atoms. The number of amides is 2. The van der Waals surface area contributed by atoms with Crippen LogP contribution in [0.1, 0.15) is 37.8 Å². The Labute approximate surface area is 161 Å². The van der Waals surface area contributed by atoms with Crippen LogP contribution in [0.4, 0.5) is 13.2 Å². The van der Waals surface area contributed by atoms with Crippen LogP contribution in [0, 0.1) is 10.1 Å². The van der Waals surface area contributed by atoms with Gasteiger partial charge in [-0.05, 0) is 23.8 Å². The van der Waals surface area contributed by atoms with Crippen molar-refractivity contribution in [1.29, 1.82) is 0 Å². The van der Waals surface area contributed by atoms with Gasteiger partial charge in [0.15, 0.2) is 0 Å². The van der Waals surface area contributed by atoms with Gasteiger partial charge in [-0.25, -0.2) is 0 Å². The van der Waals surface area contributed by atoms with Crippen LogP contribution in [-0.4, -0.2) is 40.5 Å². The number of imide groups is 1. The Morgan fingerprint density at radius 2 is 1.52 bits per heavy atom. The summed E-state index contributed by atoms with van der Waals surface area (Å²) in [5.41, 5.74) is -1.75. The van der Waals surface area contributed by atoms with E-state index >= 15 is 0 Å². The summed E-state index contributed by atoms with van der Waals surface area (Å²) in [7, 11) is 0. The minimum absolute atomic E-state index is 0.0201. The zero-order valence-corrected chi connectivity index (χ0v) is 14.6. The van der Waals surface area contributed by atoms with Crippen LogP contribution >= 0.6 is 0 Å². The number of halogens is 3. The lowest BCUT2D eigenvalue weighted by Crippen LogP contribution is -2.46. The second-order valence-corrected chi connectivity index (χ2v) is 6.36. The maximum Gasteiger partial charge on any atom is 0.416 e. The molecule has 0 unspecified atom stereocenters. The van der Waals surface area contributed by atoms with E-state index in [1.54, 1.807) is 0 Å². The zero-order chi connectivity index (χ0) is 21.3. The van der Waals surface area contributed by atoms with E-state index in [1.807, 2.05) is 0 Å². The summed E-state index contributed by atoms with van der Waals surface area (Å²) in [6, 6.07) is 7.94. The van der Waals surface area contributed by atoms with Gasteiger partial charge in [0.2, 0.25) is 6.54 Å². The standard InChI is InChI=1S/C19H13F3N2O5/c20-19(21,22)15-8-4-3-5-11(15)14(9-23(28)29)16(10-25)24-17(26)12-6-1-2-7-13(12)18(24)27/h1-8,10,14,16H,9H2/t14-,16+/m0/s1. The van der Waals surface area contributed by atoms with Gasteiger partial charge in [0.05, 0.1) is 22.6 Å². The number of fused-ring (bicyclic) bond motifs is 1. The van der Waals surface area contributed by atoms with Crippen LogP contribution < -0.4 is 0 Å². The predicted octanol–water partition coefficient (Wildman–Crippen LogP) is 2.93. The lowest BCUT2D eigenvalue weighted by atomic mass is 9.87. The molecule has 1 heterocycles. The number of carbonyl (C=O) groups excluding carboxylic acids is 3. The number of aldehydes is 1. The van der Waals surface area contributed by atoms with Crippen molar-refractivity contribution in [3.05, 3.63) is 80.9 Å². The molecule has 0 bridgehead atoms. The molecule has 0 saturated carbocycles. The first-order chi connectivity index (χ1) is 13.7. The molecular weight excluding hydrogens is 393 g/mol. The average Bonchev–Trinajstić information content (AvgIpc) is 2.92. The minimum Gasteiger partial charge on any atom is -0.301 e. The second-order valence-electron chi connectivity index (χ2n) is 6.36. The van der Waals surface area contributed by atoms with Crippen LogP contribution in [0.3, 0.4) is 0 Å². The van der Waals surface area contributed by atoms with Gasteiger partial charge in [0, 0.05) is 4.92 Å². The zero-order valence-electron chi connectivity index (χ0n) is 14.6. The number of rotatable bonds is 6. The van der Waals surface area contributed by atoms with Gasteiger partial charge in [-0.2, -0.15) is 13.2 Å². The molecule has 0 aliphatic carbocycles. The lowest BCUT2D eigenvalue weighted by Gasteiger charge is -2.29. The van der Waals surface area contributed by atoms with Gasteiger partial charge in [-0.1, -0.05) is 30.3 Å². The molecule has 0 saturated heterocycles. The molecule has 2 aromatic carbocycles. The summed E-state index contributed by atoms with van der Waals surface area (Å²) < 4.78 is 40.4. The minimum atomic E-state index is -4.85. The van der Waals surface area contributed by atoms with E-state index in [-0.39, 0.29) is 17.4 Å². The van der Waals surface area contributed by atoms with E-state index in [9.17, 15) is 37.7 Å². The van der Waals surface area contributed by atoms with Crippen LogP contribution in [0.2, 0.25) is 0 Å². The highest BCUT2D eigenvalue weighted by Crippen LogP contribution is 2.38. The van der Waals surface area contributed by atoms with Crippen LogP contribution in [-0.2, 0) is 11.0 Å². The molecule has 0 radical (unpaired) electrons. The van der Waals surface area contributed by atoms with Crippen molar-refractivity contribution in [3.63, 3.8) is 0 Å². The predicted molar refractivity (Wildman–Crippen MR) is 92.8 cm³/mol. The highest BCUT2D eigenvalue weighted by Gasteiger charge is 2.46. The van der Waals surface area contributed by atoms with Crippen molar-refractivity contribution in [2.24, 2.45) is 0 Å². The van der Waals surface area contributed by atoms with Crippen molar-refractivity contribution in [1.82, 2.24) is 4.90 Å². The Bertz CT molecular complexity index is 970. The van der Waals surface area contributed by atoms with E-state index in [2.05, 4.69) is 0 Å². The first-order valence-electron chi connectivity index (χ1n) is 8.37. The quantitative estimate of drug-likeness (QED) is 0.318. The van der Waals surface area contributed by atoms with E-state index < -0.39 is 52.5 Å². The molecule has 2 aromatic rings. The summed E-state index contributed by atoms with van der Waals surface area (Å²) in [4.78, 5) is 48.0. The fourth-order valence-corrected chi connectivity index (χ4v) is 3.44. The van der Waals surface area contributed by atoms with Gasteiger partial charge in [0.25, 0.3) is 11.8 Å². The fraction of sp³-hybridized carbons (Fsp3) is 0.211. The first-order valence-corrected chi connectivity index (χ1v) is 8.37. The molecule has 0 aromatic heterocycles. The SMILES string of the molecule is O=C[C@H]([C@@H](C[N+](=O)[O-])c1ccccc1C(F)(F)F)N1C(=O)c2ccccc2C1=O. The van der Waals surface area contributed by atoms with E-state index in [1.165, 1.54) is 30.3 Å². The summed E-state index contributed by atoms with van der Waals surface area (Å²) >= 11 is 0. The highest BCUT2D eigenvalue weighted by atomic mass is 19.4. The number of hydrogen-bond donors (Lipinski definition) is 0. The summed E-state index contributed by atoms with van der Waals surface area (Å²) in [6.07, 6.45) is -4.75. The smallest absolute Gasteiger partial charge is 0.301 e. The largest absolute Gasteiger partial charge is 0.416 e. The number of carbonyl (C=O) groups is 3. The molecule has 2 atom stereocenters. The second kappa shape index (κ2) is 7.46. The topological polar surface area (TPSA) is 97.6 Å². The van der Waals surface area contributed by atoms with Crippen LogP contribution in [0.5, 0.6) is 0 Å². The maximum atomic E-state index is 13.5. The molecule has 3 rings (SSSR count). The highest BCUT2D eigenvalue weighted by molar-refractivity contribution is 6.22. The van der Waals surface area contributed by atoms with Crippen molar-refractivity contribution >= 4 is 18.1 Å². The van der Waals surface area contributed by atoms with Gasteiger partial charge < -0.3 is 4.79 Å². The molecule has 7 nitrogen and oxygen atoms in total. The Kier molecular flexibility index (Phi) is 5.19. The third kappa shape index (κ3) is 3.60. The normalized spacial score (nSPS) is 15.8. The molecule has 1 aliphatic heterocycles. The lowest BCUT2D eigenvalue weighted by molar-refractivity contribution is -0.484. The van der Waals surface area contributed by atoms with Crippen molar-refractivity contribution in [2.75, 3.05) is 6.54 Å². The van der Waals surface area contributed by atoms with Crippen LogP contribution in [0.15, 0.2) is 48.5 Å². The number of nitrogens with zero attached hydrogens (tertiary/aromatic N) is 2. The van der Waals surface area contributed by atoms with Crippen molar-refractivity contribution in [2.45, 2.75) is 18.1 Å². The van der Waals surface area contributed by atoms with Gasteiger partial charge in [-0.3, -0.25) is 24.6 Å².